The minimum absolute atomic E-state index is 0.00206. The maximum absolute atomic E-state index is 12.6. The number of likely N-dealkylation sites (tertiary alicyclic amines) is 1. The lowest BCUT2D eigenvalue weighted by atomic mass is 10.1. The lowest BCUT2D eigenvalue weighted by molar-refractivity contribution is 0.0717. The highest BCUT2D eigenvalue weighted by molar-refractivity contribution is 7.12. The minimum Gasteiger partial charge on any atom is -0.335 e. The predicted octanol–water partition coefficient (Wildman–Crippen LogP) is 4.28. The molecule has 1 aromatic heterocycles. The Morgan fingerprint density at radius 2 is 2.00 bits per heavy atom. The van der Waals surface area contributed by atoms with Crippen molar-refractivity contribution in [2.45, 2.75) is 25.3 Å². The molecular formula is C17H16ClNO2S. The molecule has 1 fully saturated rings. The Kier molecular flexibility index (Phi) is 4.60. The Bertz CT molecular complexity index is 666. The van der Waals surface area contributed by atoms with Gasteiger partial charge in [-0.3, -0.25) is 9.59 Å². The van der Waals surface area contributed by atoms with Gasteiger partial charge in [-0.2, -0.15) is 0 Å². The average Bonchev–Trinajstić information content (AvgIpc) is 3.18. The fourth-order valence-corrected chi connectivity index (χ4v) is 3.63. The summed E-state index contributed by atoms with van der Waals surface area (Å²) < 4.78 is 0. The van der Waals surface area contributed by atoms with Crippen molar-refractivity contribution in [3.63, 3.8) is 0 Å². The van der Waals surface area contributed by atoms with E-state index in [0.29, 0.717) is 23.6 Å². The molecule has 0 N–H and O–H groups in total. The third-order valence-corrected chi connectivity index (χ3v) is 5.11. The second kappa shape index (κ2) is 6.63. The number of hydrogen-bond donors (Lipinski definition) is 0. The van der Waals surface area contributed by atoms with Crippen molar-refractivity contribution < 1.29 is 9.59 Å². The van der Waals surface area contributed by atoms with E-state index in [-0.39, 0.29) is 17.7 Å². The van der Waals surface area contributed by atoms with E-state index in [0.717, 1.165) is 17.7 Å². The molecule has 0 spiro atoms. The summed E-state index contributed by atoms with van der Waals surface area (Å²) in [5.74, 6) is 0.106. The predicted molar refractivity (Wildman–Crippen MR) is 88.8 cm³/mol. The number of thiophene rings is 1. The zero-order chi connectivity index (χ0) is 15.5. The first kappa shape index (κ1) is 15.3. The molecule has 1 atom stereocenters. The first-order chi connectivity index (χ1) is 10.6. The molecule has 0 radical (unpaired) electrons. The molecule has 0 unspecified atom stereocenters. The molecule has 5 heteroatoms. The van der Waals surface area contributed by atoms with Crippen molar-refractivity contribution in [3.8, 4) is 0 Å². The van der Waals surface area contributed by atoms with Gasteiger partial charge >= 0.3 is 0 Å². The van der Waals surface area contributed by atoms with Crippen molar-refractivity contribution in [2.24, 2.45) is 0 Å². The van der Waals surface area contributed by atoms with Crippen LogP contribution in [0.5, 0.6) is 0 Å². The van der Waals surface area contributed by atoms with Gasteiger partial charge in [0.1, 0.15) is 0 Å². The number of amides is 1. The Morgan fingerprint density at radius 1 is 1.23 bits per heavy atom. The molecule has 114 valence electrons. The third-order valence-electron chi connectivity index (χ3n) is 3.95. The van der Waals surface area contributed by atoms with Gasteiger partial charge in [0.25, 0.3) is 5.91 Å². The van der Waals surface area contributed by atoms with E-state index < -0.39 is 0 Å². The van der Waals surface area contributed by atoms with Gasteiger partial charge in [-0.25, -0.2) is 0 Å². The Morgan fingerprint density at radius 3 is 2.68 bits per heavy atom. The number of hydrogen-bond acceptors (Lipinski definition) is 3. The van der Waals surface area contributed by atoms with E-state index in [4.69, 9.17) is 11.6 Å². The van der Waals surface area contributed by atoms with Crippen LogP contribution in [0.2, 0.25) is 5.02 Å². The van der Waals surface area contributed by atoms with Crippen molar-refractivity contribution in [2.75, 3.05) is 6.54 Å². The number of carbonyl (C=O) groups is 2. The number of benzene rings is 1. The summed E-state index contributed by atoms with van der Waals surface area (Å²) in [7, 11) is 0. The summed E-state index contributed by atoms with van der Waals surface area (Å²) in [6.07, 6.45) is 2.23. The lowest BCUT2D eigenvalue weighted by Crippen LogP contribution is -2.36. The highest BCUT2D eigenvalue weighted by atomic mass is 35.5. The zero-order valence-corrected chi connectivity index (χ0v) is 13.6. The standard InChI is InChI=1S/C17H16ClNO2S/c18-13-7-5-12(6-8-13)17(21)19-9-1-3-14(19)11-15(20)16-4-2-10-22-16/h2,4-8,10,14H,1,3,9,11H2/t14-/m1/s1. The first-order valence-electron chi connectivity index (χ1n) is 7.28. The number of ketones is 1. The van der Waals surface area contributed by atoms with Crippen LogP contribution in [-0.2, 0) is 0 Å². The van der Waals surface area contributed by atoms with Crippen LogP contribution in [0.15, 0.2) is 41.8 Å². The van der Waals surface area contributed by atoms with E-state index in [1.54, 1.807) is 24.3 Å². The molecule has 1 amide bonds. The van der Waals surface area contributed by atoms with Crippen molar-refractivity contribution in [3.05, 3.63) is 57.2 Å². The number of halogens is 1. The molecule has 3 rings (SSSR count). The monoisotopic (exact) mass is 333 g/mol. The van der Waals surface area contributed by atoms with E-state index in [9.17, 15) is 9.59 Å². The molecule has 1 saturated heterocycles. The maximum Gasteiger partial charge on any atom is 0.254 e. The van der Waals surface area contributed by atoms with Gasteiger partial charge < -0.3 is 4.90 Å². The van der Waals surface area contributed by atoms with Crippen LogP contribution in [0.1, 0.15) is 39.3 Å². The molecule has 1 aliphatic rings. The largest absolute Gasteiger partial charge is 0.335 e. The summed E-state index contributed by atoms with van der Waals surface area (Å²) in [6.45, 7) is 0.712. The van der Waals surface area contributed by atoms with Crippen LogP contribution >= 0.6 is 22.9 Å². The van der Waals surface area contributed by atoms with Gasteiger partial charge in [-0.05, 0) is 48.6 Å². The fourth-order valence-electron chi connectivity index (χ4n) is 2.83. The van der Waals surface area contributed by atoms with Crippen LogP contribution in [0.3, 0.4) is 0 Å². The number of rotatable bonds is 4. The number of carbonyl (C=O) groups excluding carboxylic acids is 2. The van der Waals surface area contributed by atoms with Crippen LogP contribution in [0, 0.1) is 0 Å². The summed E-state index contributed by atoms with van der Waals surface area (Å²) in [6, 6.07) is 10.6. The average molecular weight is 334 g/mol. The molecule has 1 aliphatic heterocycles. The normalized spacial score (nSPS) is 17.7. The molecule has 0 saturated carbocycles. The van der Waals surface area contributed by atoms with E-state index in [1.807, 2.05) is 22.4 Å². The molecule has 2 aromatic rings. The topological polar surface area (TPSA) is 37.4 Å². The van der Waals surface area contributed by atoms with Gasteiger partial charge in [0, 0.05) is 29.6 Å². The van der Waals surface area contributed by atoms with E-state index in [1.165, 1.54) is 11.3 Å². The van der Waals surface area contributed by atoms with E-state index in [2.05, 4.69) is 0 Å². The Labute approximate surface area is 138 Å². The van der Waals surface area contributed by atoms with Crippen LogP contribution < -0.4 is 0 Å². The fraction of sp³-hybridized carbons (Fsp3) is 0.294. The molecule has 3 nitrogen and oxygen atoms in total. The van der Waals surface area contributed by atoms with Gasteiger partial charge in [-0.15, -0.1) is 11.3 Å². The molecule has 0 bridgehead atoms. The number of nitrogens with zero attached hydrogens (tertiary/aromatic N) is 1. The minimum atomic E-state index is -0.0156. The summed E-state index contributed by atoms with van der Waals surface area (Å²) in [5, 5.41) is 2.51. The van der Waals surface area contributed by atoms with Gasteiger partial charge in [0.2, 0.25) is 0 Å². The SMILES string of the molecule is O=C(C[C@H]1CCCN1C(=O)c1ccc(Cl)cc1)c1cccs1. The molecular weight excluding hydrogens is 318 g/mol. The molecule has 1 aromatic carbocycles. The van der Waals surface area contributed by atoms with Crippen LogP contribution in [0.4, 0.5) is 0 Å². The van der Waals surface area contributed by atoms with Gasteiger partial charge in [0.05, 0.1) is 4.88 Å². The number of Topliss-reactive ketones (excluding diaryl/α,β-unsaturated/α-hetero) is 1. The zero-order valence-electron chi connectivity index (χ0n) is 12.0. The third kappa shape index (κ3) is 3.23. The molecule has 22 heavy (non-hydrogen) atoms. The van der Waals surface area contributed by atoms with Crippen LogP contribution in [-0.4, -0.2) is 29.2 Å². The summed E-state index contributed by atoms with van der Waals surface area (Å²) in [5.41, 5.74) is 0.625. The second-order valence-corrected chi connectivity index (χ2v) is 6.79. The molecule has 0 aliphatic carbocycles. The van der Waals surface area contributed by atoms with Crippen LogP contribution in [0.25, 0.3) is 0 Å². The lowest BCUT2D eigenvalue weighted by Gasteiger charge is -2.24. The summed E-state index contributed by atoms with van der Waals surface area (Å²) >= 11 is 7.32. The Hall–Kier alpha value is -1.65. The summed E-state index contributed by atoms with van der Waals surface area (Å²) in [4.78, 5) is 27.5. The highest BCUT2D eigenvalue weighted by Crippen LogP contribution is 2.25. The van der Waals surface area contributed by atoms with Crippen molar-refractivity contribution >= 4 is 34.6 Å². The first-order valence-corrected chi connectivity index (χ1v) is 8.54. The van der Waals surface area contributed by atoms with Gasteiger partial charge in [0.15, 0.2) is 5.78 Å². The van der Waals surface area contributed by atoms with Crippen molar-refractivity contribution in [1.82, 2.24) is 4.90 Å². The van der Waals surface area contributed by atoms with Crippen molar-refractivity contribution in [1.29, 1.82) is 0 Å². The highest BCUT2D eigenvalue weighted by Gasteiger charge is 2.31. The Balaban J connectivity index is 1.71. The van der Waals surface area contributed by atoms with E-state index >= 15 is 0 Å². The second-order valence-electron chi connectivity index (χ2n) is 5.41. The van der Waals surface area contributed by atoms with Gasteiger partial charge in [-0.1, -0.05) is 17.7 Å². The smallest absolute Gasteiger partial charge is 0.254 e. The molecule has 2 heterocycles. The quantitative estimate of drug-likeness (QED) is 0.783. The maximum atomic E-state index is 12.6.